The SMILES string of the molecule is CCCCCCCCCCC.S.S. The molecule has 0 aromatic rings. The first-order chi connectivity index (χ1) is 5.41. The van der Waals surface area contributed by atoms with E-state index in [2.05, 4.69) is 13.8 Å². The Kier molecular flexibility index (Phi) is 27.4. The van der Waals surface area contributed by atoms with Gasteiger partial charge in [0.2, 0.25) is 0 Å². The van der Waals surface area contributed by atoms with E-state index in [1.807, 2.05) is 0 Å². The number of rotatable bonds is 8. The topological polar surface area (TPSA) is 0 Å². The maximum atomic E-state index is 2.27. The fourth-order valence-electron chi connectivity index (χ4n) is 1.38. The monoisotopic (exact) mass is 224 g/mol. The van der Waals surface area contributed by atoms with Crippen molar-refractivity contribution < 1.29 is 0 Å². The Bertz CT molecular complexity index is 57.1. The van der Waals surface area contributed by atoms with Gasteiger partial charge in [-0.3, -0.25) is 0 Å². The van der Waals surface area contributed by atoms with Crippen molar-refractivity contribution in [3.63, 3.8) is 0 Å². The third kappa shape index (κ3) is 19.2. The van der Waals surface area contributed by atoms with E-state index in [1.165, 1.54) is 57.8 Å². The highest BCUT2D eigenvalue weighted by atomic mass is 32.1. The highest BCUT2D eigenvalue weighted by molar-refractivity contribution is 7.59. The van der Waals surface area contributed by atoms with E-state index in [-0.39, 0.29) is 27.0 Å². The van der Waals surface area contributed by atoms with Crippen LogP contribution in [0.3, 0.4) is 0 Å². The third-order valence-corrected chi connectivity index (χ3v) is 2.21. The van der Waals surface area contributed by atoms with Crippen LogP contribution >= 0.6 is 27.0 Å². The quantitative estimate of drug-likeness (QED) is 0.521. The number of hydrogen-bond acceptors (Lipinski definition) is 0. The van der Waals surface area contributed by atoms with Gasteiger partial charge in [0, 0.05) is 0 Å². The Balaban J connectivity index is -0.000000500. The molecule has 0 radical (unpaired) electrons. The van der Waals surface area contributed by atoms with Crippen LogP contribution in [0.15, 0.2) is 0 Å². The zero-order valence-corrected chi connectivity index (χ0v) is 11.4. The molecule has 0 amide bonds. The van der Waals surface area contributed by atoms with E-state index < -0.39 is 0 Å². The fraction of sp³-hybridized carbons (Fsp3) is 1.00. The van der Waals surface area contributed by atoms with Crippen LogP contribution in [0.4, 0.5) is 0 Å². The summed E-state index contributed by atoms with van der Waals surface area (Å²) >= 11 is 0. The van der Waals surface area contributed by atoms with Gasteiger partial charge in [-0.25, -0.2) is 0 Å². The summed E-state index contributed by atoms with van der Waals surface area (Å²) in [5.74, 6) is 0. The molecule has 0 aromatic carbocycles. The molecule has 0 spiro atoms. The molecule has 0 unspecified atom stereocenters. The minimum atomic E-state index is 0. The average Bonchev–Trinajstić information content (AvgIpc) is 2.03. The van der Waals surface area contributed by atoms with Crippen LogP contribution in [0.5, 0.6) is 0 Å². The first kappa shape index (κ1) is 19.3. The number of hydrogen-bond donors (Lipinski definition) is 0. The largest absolute Gasteiger partial charge is 0.197 e. The summed E-state index contributed by atoms with van der Waals surface area (Å²) in [7, 11) is 0. The molecule has 0 aliphatic carbocycles. The Morgan fingerprint density at radius 2 is 0.692 bits per heavy atom. The third-order valence-electron chi connectivity index (χ3n) is 2.21. The number of unbranched alkanes of at least 4 members (excludes halogenated alkanes) is 8. The van der Waals surface area contributed by atoms with Gasteiger partial charge in [0.25, 0.3) is 0 Å². The van der Waals surface area contributed by atoms with Gasteiger partial charge < -0.3 is 0 Å². The van der Waals surface area contributed by atoms with Crippen LogP contribution in [0.2, 0.25) is 0 Å². The van der Waals surface area contributed by atoms with Gasteiger partial charge in [0.15, 0.2) is 0 Å². The second-order valence-corrected chi connectivity index (χ2v) is 3.47. The van der Waals surface area contributed by atoms with Gasteiger partial charge >= 0.3 is 0 Å². The standard InChI is InChI=1S/C11H24.2H2S/c1-3-5-7-9-11-10-8-6-4-2;;/h3-11H2,1-2H3;2*1H2. The van der Waals surface area contributed by atoms with Gasteiger partial charge in [-0.05, 0) is 0 Å². The molecule has 13 heavy (non-hydrogen) atoms. The average molecular weight is 224 g/mol. The van der Waals surface area contributed by atoms with Crippen LogP contribution in [-0.4, -0.2) is 0 Å². The summed E-state index contributed by atoms with van der Waals surface area (Å²) in [5.41, 5.74) is 0. The van der Waals surface area contributed by atoms with E-state index in [1.54, 1.807) is 0 Å². The van der Waals surface area contributed by atoms with Crippen molar-refractivity contribution in [3.8, 4) is 0 Å². The molecule has 0 N–H and O–H groups in total. The molecule has 0 bridgehead atoms. The van der Waals surface area contributed by atoms with Gasteiger partial charge in [0.05, 0.1) is 0 Å². The Morgan fingerprint density at radius 1 is 0.462 bits per heavy atom. The molecule has 0 saturated heterocycles. The van der Waals surface area contributed by atoms with E-state index in [4.69, 9.17) is 0 Å². The molecule has 0 aromatic heterocycles. The van der Waals surface area contributed by atoms with Crippen molar-refractivity contribution in [1.29, 1.82) is 0 Å². The first-order valence-corrected chi connectivity index (χ1v) is 5.41. The molecule has 0 heterocycles. The molecule has 0 nitrogen and oxygen atoms in total. The lowest BCUT2D eigenvalue weighted by Gasteiger charge is -1.98. The highest BCUT2D eigenvalue weighted by Crippen LogP contribution is 2.08. The zero-order valence-electron chi connectivity index (χ0n) is 9.36. The Labute approximate surface area is 98.8 Å². The predicted molar refractivity (Wildman–Crippen MR) is 73.7 cm³/mol. The lowest BCUT2D eigenvalue weighted by Crippen LogP contribution is -1.79. The molecular formula is C11H28S2. The van der Waals surface area contributed by atoms with Crippen molar-refractivity contribution in [1.82, 2.24) is 0 Å². The molecule has 0 atom stereocenters. The normalized spacial score (nSPS) is 8.77. The van der Waals surface area contributed by atoms with Crippen LogP contribution in [0.25, 0.3) is 0 Å². The molecule has 0 aliphatic heterocycles. The van der Waals surface area contributed by atoms with Crippen LogP contribution in [0.1, 0.15) is 71.6 Å². The summed E-state index contributed by atoms with van der Waals surface area (Å²) in [6, 6.07) is 0. The molecule has 2 heteroatoms. The van der Waals surface area contributed by atoms with Gasteiger partial charge in [-0.2, -0.15) is 27.0 Å². The van der Waals surface area contributed by atoms with Gasteiger partial charge in [0.1, 0.15) is 0 Å². The Morgan fingerprint density at radius 3 is 0.923 bits per heavy atom. The van der Waals surface area contributed by atoms with Crippen molar-refractivity contribution in [2.24, 2.45) is 0 Å². The summed E-state index contributed by atoms with van der Waals surface area (Å²) in [6.45, 7) is 4.55. The van der Waals surface area contributed by atoms with E-state index in [0.29, 0.717) is 0 Å². The van der Waals surface area contributed by atoms with Crippen molar-refractivity contribution in [2.75, 3.05) is 0 Å². The molecule has 0 fully saturated rings. The maximum Gasteiger partial charge on any atom is -0.0533 e. The van der Waals surface area contributed by atoms with Crippen molar-refractivity contribution in [3.05, 3.63) is 0 Å². The van der Waals surface area contributed by atoms with Gasteiger partial charge in [-0.15, -0.1) is 0 Å². The molecule has 0 saturated carbocycles. The molecule has 84 valence electrons. The zero-order chi connectivity index (χ0) is 8.36. The summed E-state index contributed by atoms with van der Waals surface area (Å²) in [4.78, 5) is 0. The molecular weight excluding hydrogens is 196 g/mol. The van der Waals surface area contributed by atoms with Crippen LogP contribution in [-0.2, 0) is 0 Å². The molecule has 0 rings (SSSR count). The lowest BCUT2D eigenvalue weighted by atomic mass is 10.1. The maximum absolute atomic E-state index is 2.27. The minimum absolute atomic E-state index is 0. The lowest BCUT2D eigenvalue weighted by molar-refractivity contribution is 0.572. The van der Waals surface area contributed by atoms with Crippen LogP contribution in [0, 0.1) is 0 Å². The predicted octanol–water partition coefficient (Wildman–Crippen LogP) is 4.76. The van der Waals surface area contributed by atoms with Gasteiger partial charge in [-0.1, -0.05) is 71.6 Å². The van der Waals surface area contributed by atoms with E-state index in [9.17, 15) is 0 Å². The summed E-state index contributed by atoms with van der Waals surface area (Å²) in [5, 5.41) is 0. The molecule has 0 aliphatic rings. The first-order valence-electron chi connectivity index (χ1n) is 5.41. The smallest absolute Gasteiger partial charge is 0.0533 e. The fourth-order valence-corrected chi connectivity index (χ4v) is 1.38. The van der Waals surface area contributed by atoms with Crippen molar-refractivity contribution >= 4 is 27.0 Å². The highest BCUT2D eigenvalue weighted by Gasteiger charge is 1.88. The van der Waals surface area contributed by atoms with Crippen molar-refractivity contribution in [2.45, 2.75) is 71.6 Å². The second-order valence-electron chi connectivity index (χ2n) is 3.47. The van der Waals surface area contributed by atoms with E-state index >= 15 is 0 Å². The second kappa shape index (κ2) is 18.5. The summed E-state index contributed by atoms with van der Waals surface area (Å²) in [6.07, 6.45) is 13.0. The van der Waals surface area contributed by atoms with E-state index in [0.717, 1.165) is 0 Å². The minimum Gasteiger partial charge on any atom is -0.197 e. The van der Waals surface area contributed by atoms with Crippen LogP contribution < -0.4 is 0 Å². The Hall–Kier alpha value is 0.700. The summed E-state index contributed by atoms with van der Waals surface area (Å²) < 4.78 is 0.